The third kappa shape index (κ3) is 2.16. The molecule has 1 aromatic carbocycles. The number of hydrogen-bond acceptors (Lipinski definition) is 4. The van der Waals surface area contributed by atoms with E-state index in [9.17, 15) is 9.59 Å². The van der Waals surface area contributed by atoms with Crippen LogP contribution in [-0.4, -0.2) is 6.29 Å². The summed E-state index contributed by atoms with van der Waals surface area (Å²) in [4.78, 5) is 24.4. The van der Waals surface area contributed by atoms with Crippen molar-refractivity contribution in [3.8, 4) is 0 Å². The minimum atomic E-state index is -0.535. The van der Waals surface area contributed by atoms with E-state index in [4.69, 9.17) is 9.95 Å². The van der Waals surface area contributed by atoms with E-state index >= 15 is 0 Å². The molecule has 2 rings (SSSR count). The zero-order valence-corrected chi connectivity index (χ0v) is 8.66. The van der Waals surface area contributed by atoms with Gasteiger partial charge in [-0.2, -0.15) is 0 Å². The second kappa shape index (κ2) is 4.51. The molecule has 0 amide bonds. The molecule has 84 valence electrons. The third-order valence-electron chi connectivity index (χ3n) is 2.28. The summed E-state index contributed by atoms with van der Waals surface area (Å²) >= 11 is 0. The monoisotopic (exact) mass is 229 g/mol. The molecule has 0 radical (unpaired) electrons. The first-order valence-corrected chi connectivity index (χ1v) is 4.80. The van der Waals surface area contributed by atoms with E-state index in [-0.39, 0.29) is 6.42 Å². The van der Waals surface area contributed by atoms with Gasteiger partial charge in [0.15, 0.2) is 0 Å². The minimum absolute atomic E-state index is 0.142. The Bertz CT molecular complexity index is 684. The molecule has 1 heterocycles. The van der Waals surface area contributed by atoms with Crippen molar-refractivity contribution in [1.29, 1.82) is 0 Å². The lowest BCUT2D eigenvalue weighted by Gasteiger charge is -2.02. The van der Waals surface area contributed by atoms with Crippen LogP contribution >= 0.6 is 0 Å². The van der Waals surface area contributed by atoms with Crippen molar-refractivity contribution < 1.29 is 9.21 Å². The van der Waals surface area contributed by atoms with E-state index in [1.54, 1.807) is 12.1 Å². The Morgan fingerprint density at radius 3 is 2.94 bits per heavy atom. The van der Waals surface area contributed by atoms with Gasteiger partial charge < -0.3 is 9.21 Å². The van der Waals surface area contributed by atoms with Gasteiger partial charge in [-0.25, -0.2) is 4.79 Å². The van der Waals surface area contributed by atoms with Gasteiger partial charge in [-0.15, -0.1) is 0 Å². The fourth-order valence-corrected chi connectivity index (χ4v) is 1.59. The zero-order valence-electron chi connectivity index (χ0n) is 8.66. The first-order chi connectivity index (χ1) is 8.24. The Morgan fingerprint density at radius 2 is 2.24 bits per heavy atom. The molecule has 0 saturated heterocycles. The van der Waals surface area contributed by atoms with Crippen LogP contribution in [0.25, 0.3) is 21.4 Å². The van der Waals surface area contributed by atoms with Crippen molar-refractivity contribution in [1.82, 2.24) is 0 Å². The highest BCUT2D eigenvalue weighted by Gasteiger charge is 2.05. The second-order valence-corrected chi connectivity index (χ2v) is 3.33. The van der Waals surface area contributed by atoms with Crippen molar-refractivity contribution in [2.24, 2.45) is 5.11 Å². The number of hydrogen-bond donors (Lipinski definition) is 0. The van der Waals surface area contributed by atoms with Crippen LogP contribution < -0.4 is 5.63 Å². The normalized spacial score (nSPS) is 9.88. The average molecular weight is 229 g/mol. The molecule has 0 saturated carbocycles. The highest BCUT2D eigenvalue weighted by molar-refractivity contribution is 5.84. The lowest BCUT2D eigenvalue weighted by molar-refractivity contribution is -0.107. The molecule has 6 nitrogen and oxygen atoms in total. The summed E-state index contributed by atoms with van der Waals surface area (Å²) in [7, 11) is 0. The molecule has 0 atom stereocenters. The van der Waals surface area contributed by atoms with Crippen LogP contribution in [0.2, 0.25) is 0 Å². The van der Waals surface area contributed by atoms with Gasteiger partial charge >= 0.3 is 5.63 Å². The molecule has 1 aromatic heterocycles. The Balaban J connectivity index is 2.74. The van der Waals surface area contributed by atoms with Crippen LogP contribution in [0.3, 0.4) is 0 Å². The fourth-order valence-electron chi connectivity index (χ4n) is 1.59. The van der Waals surface area contributed by atoms with Gasteiger partial charge in [0.2, 0.25) is 0 Å². The second-order valence-electron chi connectivity index (χ2n) is 3.33. The maximum absolute atomic E-state index is 11.3. The predicted octanol–water partition coefficient (Wildman–Crippen LogP) is 2.48. The van der Waals surface area contributed by atoms with Crippen LogP contribution in [0.5, 0.6) is 0 Å². The quantitative estimate of drug-likeness (QED) is 0.266. The van der Waals surface area contributed by atoms with E-state index in [2.05, 4.69) is 10.0 Å². The minimum Gasteiger partial charge on any atom is -0.423 e. The number of carbonyl (C=O) groups is 1. The number of azide groups is 1. The highest BCUT2D eigenvalue weighted by atomic mass is 16.4. The molecular weight excluding hydrogens is 222 g/mol. The molecule has 0 aliphatic heterocycles. The largest absolute Gasteiger partial charge is 0.423 e. The number of benzene rings is 1. The molecule has 2 aromatic rings. The van der Waals surface area contributed by atoms with Crippen molar-refractivity contribution >= 4 is 22.9 Å². The first-order valence-electron chi connectivity index (χ1n) is 4.80. The number of nitrogens with zero attached hydrogens (tertiary/aromatic N) is 3. The van der Waals surface area contributed by atoms with Gasteiger partial charge in [0.25, 0.3) is 0 Å². The van der Waals surface area contributed by atoms with Crippen LogP contribution in [0, 0.1) is 0 Å². The Kier molecular flexibility index (Phi) is 2.89. The Morgan fingerprint density at radius 1 is 1.41 bits per heavy atom. The maximum Gasteiger partial charge on any atom is 0.336 e. The molecule has 0 unspecified atom stereocenters. The van der Waals surface area contributed by atoms with Gasteiger partial charge in [-0.3, -0.25) is 0 Å². The van der Waals surface area contributed by atoms with E-state index in [0.29, 0.717) is 22.2 Å². The lowest BCUT2D eigenvalue weighted by atomic mass is 10.1. The summed E-state index contributed by atoms with van der Waals surface area (Å²) in [5.74, 6) is 0. The molecular formula is C11H7N3O3. The number of aldehydes is 1. The van der Waals surface area contributed by atoms with E-state index in [1.165, 1.54) is 12.1 Å². The highest BCUT2D eigenvalue weighted by Crippen LogP contribution is 2.23. The summed E-state index contributed by atoms with van der Waals surface area (Å²) in [6, 6.07) is 5.99. The average Bonchev–Trinajstić information content (AvgIpc) is 2.29. The molecule has 0 fully saturated rings. The van der Waals surface area contributed by atoms with Gasteiger partial charge in [0.05, 0.1) is 0 Å². The molecule has 0 spiro atoms. The van der Waals surface area contributed by atoms with Crippen LogP contribution in [0.15, 0.2) is 38.6 Å². The SMILES string of the molecule is [N-]=[N+]=Nc1ccc2c(CC=O)cc(=O)oc2c1. The van der Waals surface area contributed by atoms with Gasteiger partial charge in [-0.05, 0) is 17.2 Å². The van der Waals surface area contributed by atoms with Crippen molar-refractivity contribution in [2.75, 3.05) is 0 Å². The number of rotatable bonds is 3. The van der Waals surface area contributed by atoms with E-state index in [0.717, 1.165) is 6.29 Å². The zero-order chi connectivity index (χ0) is 12.3. The molecule has 0 aliphatic carbocycles. The van der Waals surface area contributed by atoms with Crippen molar-refractivity contribution in [3.05, 3.63) is 50.7 Å². The summed E-state index contributed by atoms with van der Waals surface area (Å²) in [5, 5.41) is 4.07. The predicted molar refractivity (Wildman–Crippen MR) is 61.1 cm³/mol. The smallest absolute Gasteiger partial charge is 0.336 e. The summed E-state index contributed by atoms with van der Waals surface area (Å²) < 4.78 is 4.98. The van der Waals surface area contributed by atoms with E-state index < -0.39 is 5.63 Å². The lowest BCUT2D eigenvalue weighted by Crippen LogP contribution is -2.00. The fraction of sp³-hybridized carbons (Fsp3) is 0.0909. The Hall–Kier alpha value is -2.59. The van der Waals surface area contributed by atoms with Gasteiger partial charge in [-0.1, -0.05) is 17.2 Å². The van der Waals surface area contributed by atoms with Crippen LogP contribution in [0.1, 0.15) is 5.56 Å². The standard InChI is InChI=1S/C11H7N3O3/c12-14-13-8-1-2-9-7(3-4-15)5-11(16)17-10(9)6-8/h1-2,4-6H,3H2. The van der Waals surface area contributed by atoms with Crippen molar-refractivity contribution in [2.45, 2.75) is 6.42 Å². The number of carbonyl (C=O) groups excluding carboxylic acids is 1. The van der Waals surface area contributed by atoms with Crippen LogP contribution in [-0.2, 0) is 11.2 Å². The molecule has 6 heteroatoms. The maximum atomic E-state index is 11.3. The number of fused-ring (bicyclic) bond motifs is 1. The molecule has 17 heavy (non-hydrogen) atoms. The van der Waals surface area contributed by atoms with Crippen LogP contribution in [0.4, 0.5) is 5.69 Å². The van der Waals surface area contributed by atoms with Gasteiger partial charge in [0, 0.05) is 28.5 Å². The molecule has 0 bridgehead atoms. The molecule has 0 N–H and O–H groups in total. The van der Waals surface area contributed by atoms with Gasteiger partial charge in [0.1, 0.15) is 11.9 Å². The Labute approximate surface area is 95.1 Å². The summed E-state index contributed by atoms with van der Waals surface area (Å²) in [6.07, 6.45) is 0.860. The summed E-state index contributed by atoms with van der Waals surface area (Å²) in [5.41, 5.74) is 9.02. The van der Waals surface area contributed by atoms with E-state index in [1.807, 2.05) is 0 Å². The first kappa shape index (κ1) is 10.9. The third-order valence-corrected chi connectivity index (χ3v) is 2.28. The van der Waals surface area contributed by atoms with Crippen molar-refractivity contribution in [3.63, 3.8) is 0 Å². The topological polar surface area (TPSA) is 96.0 Å². The molecule has 0 aliphatic rings. The summed E-state index contributed by atoms with van der Waals surface area (Å²) in [6.45, 7) is 0.